The first-order valence-electron chi connectivity index (χ1n) is 11.7. The molecule has 1 heterocycles. The first kappa shape index (κ1) is 30.1. The third-order valence-electron chi connectivity index (χ3n) is 5.47. The van der Waals surface area contributed by atoms with Gasteiger partial charge in [0, 0.05) is 10.9 Å². The Labute approximate surface area is 248 Å². The fourth-order valence-corrected chi connectivity index (χ4v) is 4.15. The predicted molar refractivity (Wildman–Crippen MR) is 159 cm³/mol. The van der Waals surface area contributed by atoms with Gasteiger partial charge < -0.3 is 29.8 Å². The fourth-order valence-electron chi connectivity index (χ4n) is 3.85. The molecule has 0 aliphatic rings. The zero-order valence-electron chi connectivity index (χ0n) is 22.3. The molecule has 0 saturated carbocycles. The van der Waals surface area contributed by atoms with E-state index in [2.05, 4.69) is 62.7 Å². The largest absolute Gasteiger partial charge is 1.00 e. The monoisotopic (exact) mass is 516 g/mol. The molecule has 4 aromatic rings. The molecule has 0 aliphatic heterocycles. The molecular formula is C31H33N4NaS. The SMILES string of the molecule is C=C(C)/C=C(\C=C(C)C)c1ccc(C)cc1-c1ccc(N)cn1.Nc1cc([S-])c2ccccc2c1N.[Na+]. The van der Waals surface area contributed by atoms with Crippen molar-refractivity contribution in [1.82, 2.24) is 4.98 Å². The number of nitrogens with two attached hydrogens (primary N) is 3. The predicted octanol–water partition coefficient (Wildman–Crippen LogP) is 4.48. The van der Waals surface area contributed by atoms with Crippen LogP contribution < -0.4 is 46.8 Å². The summed E-state index contributed by atoms with van der Waals surface area (Å²) in [5, 5.41) is 1.93. The summed E-state index contributed by atoms with van der Waals surface area (Å²) in [6.07, 6.45) is 5.99. The molecule has 0 fully saturated rings. The number of fused-ring (bicyclic) bond motifs is 1. The van der Waals surface area contributed by atoms with Gasteiger partial charge in [0.05, 0.1) is 29.0 Å². The van der Waals surface area contributed by atoms with E-state index >= 15 is 0 Å². The Hall–Kier alpha value is -3.09. The minimum absolute atomic E-state index is 0. The molecule has 0 saturated heterocycles. The molecule has 0 radical (unpaired) electrons. The quantitative estimate of drug-likeness (QED) is 0.161. The number of aromatic nitrogens is 1. The van der Waals surface area contributed by atoms with Crippen LogP contribution in [0.4, 0.5) is 17.1 Å². The summed E-state index contributed by atoms with van der Waals surface area (Å²) in [6.45, 7) is 12.3. The van der Waals surface area contributed by atoms with E-state index in [1.165, 1.54) is 11.1 Å². The van der Waals surface area contributed by atoms with Gasteiger partial charge >= 0.3 is 29.6 Å². The first-order valence-corrected chi connectivity index (χ1v) is 12.1. The van der Waals surface area contributed by atoms with Crippen LogP contribution in [0, 0.1) is 6.92 Å². The van der Waals surface area contributed by atoms with Crippen LogP contribution in [0.5, 0.6) is 0 Å². The topological polar surface area (TPSA) is 90.9 Å². The molecule has 3 aromatic carbocycles. The van der Waals surface area contributed by atoms with Gasteiger partial charge in [-0.2, -0.15) is 4.90 Å². The van der Waals surface area contributed by atoms with Crippen LogP contribution in [0.25, 0.3) is 27.6 Å². The Morgan fingerprint density at radius 1 is 0.892 bits per heavy atom. The number of benzene rings is 3. The molecule has 6 N–H and O–H groups in total. The van der Waals surface area contributed by atoms with E-state index in [-0.39, 0.29) is 29.6 Å². The van der Waals surface area contributed by atoms with Gasteiger partial charge in [0.1, 0.15) is 0 Å². The van der Waals surface area contributed by atoms with Crippen LogP contribution in [0.3, 0.4) is 0 Å². The Morgan fingerprint density at radius 3 is 2.16 bits per heavy atom. The Balaban J connectivity index is 0.000000291. The van der Waals surface area contributed by atoms with Gasteiger partial charge in [0.25, 0.3) is 0 Å². The van der Waals surface area contributed by atoms with E-state index in [1.807, 2.05) is 43.3 Å². The maximum atomic E-state index is 5.82. The summed E-state index contributed by atoms with van der Waals surface area (Å²) in [6, 6.07) is 19.8. The number of pyridine rings is 1. The average Bonchev–Trinajstić information content (AvgIpc) is 2.82. The summed E-state index contributed by atoms with van der Waals surface area (Å²) >= 11 is 5.17. The minimum atomic E-state index is 0. The molecule has 0 unspecified atom stereocenters. The number of aryl methyl sites for hydroxylation is 1. The molecular weight excluding hydrogens is 483 g/mol. The van der Waals surface area contributed by atoms with Crippen LogP contribution in [0.15, 0.2) is 102 Å². The smallest absolute Gasteiger partial charge is 0.779 e. The molecule has 4 rings (SSSR count). The summed E-state index contributed by atoms with van der Waals surface area (Å²) in [5.74, 6) is 0. The number of nitrogens with zero attached hydrogens (tertiary/aromatic N) is 1. The fraction of sp³-hybridized carbons (Fsp3) is 0.129. The third kappa shape index (κ3) is 7.94. The van der Waals surface area contributed by atoms with Gasteiger partial charge in [-0.15, -0.1) is 0 Å². The van der Waals surface area contributed by atoms with Gasteiger partial charge in [0.15, 0.2) is 0 Å². The van der Waals surface area contributed by atoms with Crippen LogP contribution in [0.2, 0.25) is 0 Å². The second kappa shape index (κ2) is 13.5. The van der Waals surface area contributed by atoms with Crippen molar-refractivity contribution in [2.24, 2.45) is 0 Å². The average molecular weight is 517 g/mol. The standard InChI is InChI=1S/C21H24N2.C10H10N2S.Na/c1-14(2)10-17(11-15(3)4)19-8-6-16(5)12-20(19)21-9-7-18(22)13-23-21;11-8-5-9(13)6-3-1-2-4-7(6)10(8)12;/h6-13H,1,22H2,2-5H3;1-5,13H,11-12H2;/q;;+1/p-1/b17-10+;;. The Bertz CT molecular complexity index is 1470. The van der Waals surface area contributed by atoms with E-state index in [1.54, 1.807) is 12.3 Å². The van der Waals surface area contributed by atoms with Gasteiger partial charge in [-0.25, -0.2) is 0 Å². The number of nitrogen functional groups attached to an aromatic ring is 3. The molecule has 0 amide bonds. The Morgan fingerprint density at radius 2 is 1.57 bits per heavy atom. The number of allylic oxidation sites excluding steroid dienone is 5. The molecule has 1 aromatic heterocycles. The van der Waals surface area contributed by atoms with Crippen molar-refractivity contribution >= 4 is 46.0 Å². The van der Waals surface area contributed by atoms with Gasteiger partial charge in [0.2, 0.25) is 0 Å². The van der Waals surface area contributed by atoms with E-state index in [9.17, 15) is 0 Å². The van der Waals surface area contributed by atoms with E-state index in [4.69, 9.17) is 29.8 Å². The second-order valence-electron chi connectivity index (χ2n) is 9.12. The minimum Gasteiger partial charge on any atom is -0.779 e. The van der Waals surface area contributed by atoms with Crippen molar-refractivity contribution in [3.63, 3.8) is 0 Å². The maximum Gasteiger partial charge on any atom is 1.00 e. The molecule has 0 atom stereocenters. The van der Waals surface area contributed by atoms with Crippen molar-refractivity contribution in [2.45, 2.75) is 32.6 Å². The van der Waals surface area contributed by atoms with Crippen molar-refractivity contribution < 1.29 is 29.6 Å². The normalized spacial score (nSPS) is 10.6. The zero-order chi connectivity index (χ0) is 26.4. The molecule has 37 heavy (non-hydrogen) atoms. The molecule has 184 valence electrons. The zero-order valence-corrected chi connectivity index (χ0v) is 25.1. The van der Waals surface area contributed by atoms with Gasteiger partial charge in [-0.1, -0.05) is 77.9 Å². The molecule has 0 spiro atoms. The number of rotatable bonds is 4. The van der Waals surface area contributed by atoms with Crippen LogP contribution in [0.1, 0.15) is 31.9 Å². The van der Waals surface area contributed by atoms with Crippen molar-refractivity contribution in [2.75, 3.05) is 17.2 Å². The molecule has 0 aliphatic carbocycles. The third-order valence-corrected chi connectivity index (χ3v) is 5.81. The summed E-state index contributed by atoms with van der Waals surface area (Å²) in [7, 11) is 0. The van der Waals surface area contributed by atoms with Gasteiger partial charge in [-0.05, 0) is 62.4 Å². The number of hydrogen-bond acceptors (Lipinski definition) is 5. The number of anilines is 3. The first-order chi connectivity index (χ1) is 17.1. The van der Waals surface area contributed by atoms with E-state index < -0.39 is 0 Å². The van der Waals surface area contributed by atoms with Crippen LogP contribution in [-0.4, -0.2) is 4.98 Å². The second-order valence-corrected chi connectivity index (χ2v) is 9.56. The molecule has 6 heteroatoms. The van der Waals surface area contributed by atoms with E-state index in [0.29, 0.717) is 17.1 Å². The van der Waals surface area contributed by atoms with Crippen molar-refractivity contribution in [3.05, 3.63) is 108 Å². The summed E-state index contributed by atoms with van der Waals surface area (Å²) < 4.78 is 0. The van der Waals surface area contributed by atoms with Crippen molar-refractivity contribution in [3.8, 4) is 11.3 Å². The molecule has 0 bridgehead atoms. The Kier molecular flexibility index (Phi) is 11.0. The maximum absolute atomic E-state index is 5.82. The van der Waals surface area contributed by atoms with Crippen LogP contribution in [-0.2, 0) is 12.6 Å². The summed E-state index contributed by atoms with van der Waals surface area (Å²) in [5.41, 5.74) is 26.9. The van der Waals surface area contributed by atoms with E-state index in [0.717, 1.165) is 43.6 Å². The summed E-state index contributed by atoms with van der Waals surface area (Å²) in [4.78, 5) is 5.25. The number of hydrogen-bond donors (Lipinski definition) is 3. The van der Waals surface area contributed by atoms with Crippen LogP contribution >= 0.6 is 0 Å². The molecule has 4 nitrogen and oxygen atoms in total. The van der Waals surface area contributed by atoms with Gasteiger partial charge in [-0.3, -0.25) is 4.98 Å². The van der Waals surface area contributed by atoms with Crippen molar-refractivity contribution in [1.29, 1.82) is 0 Å².